The molecule has 7 saturated carbocycles. The van der Waals surface area contributed by atoms with Gasteiger partial charge in [0.05, 0.1) is 0 Å². The maximum Gasteiger partial charge on any atom is 0.00952 e. The van der Waals surface area contributed by atoms with E-state index >= 15 is 0 Å². The van der Waals surface area contributed by atoms with Crippen LogP contribution < -0.4 is 5.30 Å². The molecule has 0 aromatic heterocycles. The Kier molecular flexibility index (Phi) is 29.4. The van der Waals surface area contributed by atoms with E-state index in [4.69, 9.17) is 0 Å². The molecular weight excluding hydrogens is 858 g/mol. The molecule has 0 bridgehead atoms. The fourth-order valence-corrected chi connectivity index (χ4v) is 21.2. The fourth-order valence-electron chi connectivity index (χ4n) is 12.2. The van der Waals surface area contributed by atoms with Gasteiger partial charge in [0.25, 0.3) is 0 Å². The van der Waals surface area contributed by atoms with Crippen LogP contribution in [-0.2, 0) is 51.2 Å². The van der Waals surface area contributed by atoms with Gasteiger partial charge in [-0.15, -0.1) is 0 Å². The molecule has 7 heteroatoms. The van der Waals surface area contributed by atoms with Crippen molar-refractivity contribution in [2.75, 3.05) is 28.2 Å². The summed E-state index contributed by atoms with van der Waals surface area (Å²) in [5, 5.41) is 1.69. The first-order chi connectivity index (χ1) is 26.4. The van der Waals surface area contributed by atoms with Crippen LogP contribution in [0, 0.1) is 11.8 Å². The first kappa shape index (κ1) is 54.7. The van der Waals surface area contributed by atoms with Crippen LogP contribution in [0.4, 0.5) is 0 Å². The summed E-state index contributed by atoms with van der Waals surface area (Å²) < 4.78 is 0. The van der Waals surface area contributed by atoms with Gasteiger partial charge in [0.2, 0.25) is 0 Å². The van der Waals surface area contributed by atoms with Gasteiger partial charge in [0.15, 0.2) is 0 Å². The van der Waals surface area contributed by atoms with Gasteiger partial charge in [-0.05, 0) is 152 Å². The Morgan fingerprint density at radius 1 is 0.404 bits per heavy atom. The maximum atomic E-state index is 2.51. The predicted octanol–water partition coefficient (Wildman–Crippen LogP) is 14.6. The van der Waals surface area contributed by atoms with Crippen LogP contribution in [0.1, 0.15) is 200 Å². The number of nitrogens with zero attached hydrogens (tertiary/aromatic N) is 2. The van der Waals surface area contributed by atoms with Crippen molar-refractivity contribution < 1.29 is 51.2 Å². The molecular formula is C50H90Fe3N2P2. The van der Waals surface area contributed by atoms with Crippen LogP contribution in [0.2, 0.25) is 0 Å². The Balaban J connectivity index is 0.000000302. The minimum absolute atomic E-state index is 0. The van der Waals surface area contributed by atoms with Crippen molar-refractivity contribution in [2.45, 2.75) is 240 Å². The molecule has 7 fully saturated rings. The van der Waals surface area contributed by atoms with E-state index in [2.05, 4.69) is 82.2 Å². The van der Waals surface area contributed by atoms with Crippen molar-refractivity contribution in [2.24, 2.45) is 11.8 Å². The Morgan fingerprint density at radius 2 is 0.737 bits per heavy atom. The van der Waals surface area contributed by atoms with E-state index in [9.17, 15) is 0 Å². The van der Waals surface area contributed by atoms with Crippen LogP contribution >= 0.6 is 15.8 Å². The molecule has 334 valence electrons. The second kappa shape index (κ2) is 30.6. The molecule has 0 N–H and O–H groups in total. The largest absolute Gasteiger partial charge is 0.306 e. The molecule has 57 heavy (non-hydrogen) atoms. The van der Waals surface area contributed by atoms with Crippen LogP contribution in [-0.4, -0.2) is 78.4 Å². The summed E-state index contributed by atoms with van der Waals surface area (Å²) in [4.78, 5) is 4.96. The third-order valence-electron chi connectivity index (χ3n) is 15.7. The Hall–Kier alpha value is 1.56. The summed E-state index contributed by atoms with van der Waals surface area (Å²) in [6, 6.07) is 13.1. The monoisotopic (exact) mass is 948 g/mol. The number of rotatable bonds is 10. The Morgan fingerprint density at radius 3 is 1.14 bits per heavy atom. The Labute approximate surface area is 390 Å². The molecule has 4 unspecified atom stereocenters. The van der Waals surface area contributed by atoms with E-state index in [-0.39, 0.29) is 59.1 Å². The summed E-state index contributed by atoms with van der Waals surface area (Å²) in [6.45, 7) is 4.96. The van der Waals surface area contributed by atoms with Gasteiger partial charge in [-0.25, -0.2) is 0 Å². The average Bonchev–Trinajstić information content (AvgIpc) is 4.05. The molecule has 0 spiro atoms. The molecule has 1 aromatic carbocycles. The van der Waals surface area contributed by atoms with Gasteiger partial charge in [-0.2, -0.15) is 0 Å². The van der Waals surface area contributed by atoms with Gasteiger partial charge in [-0.1, -0.05) is 168 Å². The minimum atomic E-state index is 0. The van der Waals surface area contributed by atoms with Crippen LogP contribution in [0.5, 0.6) is 0 Å². The number of hydrogen-bond donors (Lipinski definition) is 0. The predicted molar refractivity (Wildman–Crippen MR) is 246 cm³/mol. The van der Waals surface area contributed by atoms with Gasteiger partial charge >= 0.3 is 0 Å². The van der Waals surface area contributed by atoms with Gasteiger partial charge in [0.1, 0.15) is 0 Å². The molecule has 8 atom stereocenters. The van der Waals surface area contributed by atoms with E-state index in [1.165, 1.54) is 154 Å². The Bertz CT molecular complexity index is 1070. The van der Waals surface area contributed by atoms with Crippen LogP contribution in [0.15, 0.2) is 30.3 Å². The maximum absolute atomic E-state index is 2.51. The third-order valence-corrected chi connectivity index (χ3v) is 23.4. The summed E-state index contributed by atoms with van der Waals surface area (Å²) in [5.74, 6) is 1.91. The van der Waals surface area contributed by atoms with E-state index < -0.39 is 0 Å². The summed E-state index contributed by atoms with van der Waals surface area (Å²) in [7, 11) is 9.45. The molecule has 0 radical (unpaired) electrons. The number of benzene rings is 1. The van der Waals surface area contributed by atoms with Gasteiger partial charge < -0.3 is 9.80 Å². The zero-order valence-corrected chi connectivity index (χ0v) is 43.0. The third kappa shape index (κ3) is 17.2. The molecule has 0 amide bonds. The van der Waals surface area contributed by atoms with E-state index in [1.807, 2.05) is 0 Å². The fraction of sp³-hybridized carbons (Fsp3) is 0.880. The number of hydrogen-bond acceptors (Lipinski definition) is 2. The first-order valence-electron chi connectivity index (χ1n) is 24.3. The summed E-state index contributed by atoms with van der Waals surface area (Å²) in [5.41, 5.74) is 5.36. The standard InChI is InChI=1S/C20H38NP.C20H32NP.2C5H10.3Fe/c2*1-16(21(2)3)19-14-9-15-20(19)22(18-12-7-8-13-18)17-10-5-4-6-11-17;2*1-2-4-5-3-1;;;/h16-20H,4-15H2,1-3H3;4-6,10-11,16,18-20H,7-9,12-15H2,1-3H3;2*1-5H2;;;/t2*16-,19?,20?,22+;;;;;/m11...../s1. The van der Waals surface area contributed by atoms with Crippen molar-refractivity contribution in [3.8, 4) is 0 Å². The van der Waals surface area contributed by atoms with Crippen molar-refractivity contribution in [1.82, 2.24) is 9.80 Å². The smallest absolute Gasteiger partial charge is 0.00952 e. The van der Waals surface area contributed by atoms with Crippen molar-refractivity contribution in [3.05, 3.63) is 30.3 Å². The molecule has 0 saturated heterocycles. The minimum Gasteiger partial charge on any atom is -0.306 e. The quantitative estimate of drug-likeness (QED) is 0.170. The second-order valence-corrected chi connectivity index (χ2v) is 25.4. The molecule has 7 aliphatic carbocycles. The van der Waals surface area contributed by atoms with Gasteiger partial charge in [-0.3, -0.25) is 0 Å². The zero-order valence-electron chi connectivity index (χ0n) is 37.9. The molecule has 0 heterocycles. The molecule has 7 aliphatic rings. The van der Waals surface area contributed by atoms with E-state index in [0.29, 0.717) is 7.92 Å². The molecule has 8 rings (SSSR count). The molecule has 0 aliphatic heterocycles. The van der Waals surface area contributed by atoms with Crippen molar-refractivity contribution in [3.63, 3.8) is 0 Å². The van der Waals surface area contributed by atoms with Crippen LogP contribution in [0.3, 0.4) is 0 Å². The van der Waals surface area contributed by atoms with Crippen molar-refractivity contribution in [1.29, 1.82) is 0 Å². The normalized spacial score (nSPS) is 28.7. The van der Waals surface area contributed by atoms with E-state index in [1.54, 1.807) is 37.4 Å². The van der Waals surface area contributed by atoms with Gasteiger partial charge in [0, 0.05) is 63.3 Å². The molecule has 2 nitrogen and oxygen atoms in total. The average molecular weight is 949 g/mol. The first-order valence-corrected chi connectivity index (χ1v) is 27.3. The zero-order chi connectivity index (χ0) is 38.1. The van der Waals surface area contributed by atoms with Crippen molar-refractivity contribution >= 4 is 21.1 Å². The molecule has 1 aromatic rings. The summed E-state index contributed by atoms with van der Waals surface area (Å²) in [6.07, 6.45) is 43.9. The SMILES string of the molecule is C1CCCC1.C1CCCC1.C[C@H](C1CCCC1[P@@](C1CCCCC1)C1CCCC1)N(C)C.C[C@H](C1CCCC1[P@@](c1ccccc1)C1CCCC1)N(C)C.[Fe].[Fe].[Fe]. The van der Waals surface area contributed by atoms with E-state index in [0.717, 1.165) is 52.2 Å². The second-order valence-electron chi connectivity index (χ2n) is 19.6. The topological polar surface area (TPSA) is 6.48 Å². The summed E-state index contributed by atoms with van der Waals surface area (Å²) >= 11 is 0. The van der Waals surface area contributed by atoms with Crippen LogP contribution in [0.25, 0.3) is 0 Å².